The molecule has 0 spiro atoms. The number of benzene rings is 1. The summed E-state index contributed by atoms with van der Waals surface area (Å²) < 4.78 is 5.02. The molecule has 0 aliphatic heterocycles. The molecule has 0 atom stereocenters. The number of nitrogens with zero attached hydrogens (tertiary/aromatic N) is 2. The van der Waals surface area contributed by atoms with E-state index in [0.717, 1.165) is 11.1 Å². The van der Waals surface area contributed by atoms with Crippen molar-refractivity contribution in [3.05, 3.63) is 48.5 Å². The highest BCUT2D eigenvalue weighted by molar-refractivity contribution is 5.85. The van der Waals surface area contributed by atoms with E-state index in [1.807, 2.05) is 30.3 Å². The van der Waals surface area contributed by atoms with Crippen LogP contribution in [0.25, 0.3) is 11.1 Å². The maximum absolute atomic E-state index is 11.6. The summed E-state index contributed by atoms with van der Waals surface area (Å²) >= 11 is 0. The van der Waals surface area contributed by atoms with Gasteiger partial charge in [0.2, 0.25) is 5.82 Å². The number of hydrogen-bond acceptors (Lipinski definition) is 4. The third-order valence-electron chi connectivity index (χ3n) is 2.28. The van der Waals surface area contributed by atoms with E-state index in [2.05, 4.69) is 9.97 Å². The van der Waals surface area contributed by atoms with Gasteiger partial charge >= 0.3 is 5.97 Å². The molecular formula is C14H14N2O2. The summed E-state index contributed by atoms with van der Waals surface area (Å²) in [6.07, 6.45) is 3.08. The highest BCUT2D eigenvalue weighted by Crippen LogP contribution is 2.16. The number of aromatic nitrogens is 2. The fourth-order valence-electron chi connectivity index (χ4n) is 1.48. The molecule has 0 saturated heterocycles. The molecule has 2 rings (SSSR count). The fourth-order valence-corrected chi connectivity index (χ4v) is 1.48. The van der Waals surface area contributed by atoms with Crippen molar-refractivity contribution in [2.75, 3.05) is 0 Å². The van der Waals surface area contributed by atoms with Crippen LogP contribution in [0.2, 0.25) is 0 Å². The van der Waals surface area contributed by atoms with Crippen LogP contribution >= 0.6 is 0 Å². The predicted molar refractivity (Wildman–Crippen MR) is 68.0 cm³/mol. The van der Waals surface area contributed by atoms with Gasteiger partial charge in [0.05, 0.1) is 6.10 Å². The fraction of sp³-hybridized carbons (Fsp3) is 0.214. The van der Waals surface area contributed by atoms with Gasteiger partial charge < -0.3 is 4.74 Å². The van der Waals surface area contributed by atoms with Crippen LogP contribution in [0.4, 0.5) is 0 Å². The number of carbonyl (C=O) groups excluding carboxylic acids is 1. The van der Waals surface area contributed by atoms with Gasteiger partial charge in [-0.15, -0.1) is 0 Å². The lowest BCUT2D eigenvalue weighted by Crippen LogP contribution is -2.14. The van der Waals surface area contributed by atoms with Crippen molar-refractivity contribution in [1.29, 1.82) is 0 Å². The van der Waals surface area contributed by atoms with Gasteiger partial charge in [-0.3, -0.25) is 0 Å². The van der Waals surface area contributed by atoms with E-state index in [1.54, 1.807) is 26.2 Å². The third-order valence-corrected chi connectivity index (χ3v) is 2.28. The van der Waals surface area contributed by atoms with Gasteiger partial charge in [0.15, 0.2) is 0 Å². The Labute approximate surface area is 106 Å². The Hall–Kier alpha value is -2.23. The molecule has 0 unspecified atom stereocenters. The Balaban J connectivity index is 2.18. The lowest BCUT2D eigenvalue weighted by atomic mass is 10.1. The first-order valence-electron chi connectivity index (χ1n) is 5.75. The maximum atomic E-state index is 11.6. The molecule has 18 heavy (non-hydrogen) atoms. The quantitative estimate of drug-likeness (QED) is 0.776. The standard InChI is InChI=1S/C14H14N2O2/c1-10(2)18-14(17)13-15-8-12(9-16-13)11-6-4-3-5-7-11/h3-10H,1-2H3. The largest absolute Gasteiger partial charge is 0.457 e. The average molecular weight is 242 g/mol. The lowest BCUT2D eigenvalue weighted by molar-refractivity contribution is 0.0363. The summed E-state index contributed by atoms with van der Waals surface area (Å²) in [4.78, 5) is 19.6. The molecule has 1 heterocycles. The average Bonchev–Trinajstić information content (AvgIpc) is 2.39. The van der Waals surface area contributed by atoms with Crippen LogP contribution in [-0.2, 0) is 4.74 Å². The molecule has 0 fully saturated rings. The van der Waals surface area contributed by atoms with Crippen molar-refractivity contribution in [2.24, 2.45) is 0 Å². The molecule has 0 radical (unpaired) electrons. The summed E-state index contributed by atoms with van der Waals surface area (Å²) in [7, 11) is 0. The van der Waals surface area contributed by atoms with E-state index in [9.17, 15) is 4.79 Å². The molecule has 0 aliphatic rings. The molecule has 4 heteroatoms. The SMILES string of the molecule is CC(C)OC(=O)c1ncc(-c2ccccc2)cn1. The van der Waals surface area contributed by atoms with E-state index in [0.29, 0.717) is 0 Å². The van der Waals surface area contributed by atoms with Crippen LogP contribution in [0.5, 0.6) is 0 Å². The number of esters is 1. The van der Waals surface area contributed by atoms with Gasteiger partial charge in [-0.1, -0.05) is 30.3 Å². The van der Waals surface area contributed by atoms with E-state index >= 15 is 0 Å². The van der Waals surface area contributed by atoms with Crippen LogP contribution in [0, 0.1) is 0 Å². The number of rotatable bonds is 3. The minimum absolute atomic E-state index is 0.0865. The second-order valence-electron chi connectivity index (χ2n) is 4.12. The number of hydrogen-bond donors (Lipinski definition) is 0. The third kappa shape index (κ3) is 2.91. The van der Waals surface area contributed by atoms with Crippen molar-refractivity contribution in [1.82, 2.24) is 9.97 Å². The monoisotopic (exact) mass is 242 g/mol. The Kier molecular flexibility index (Phi) is 3.67. The molecule has 4 nitrogen and oxygen atoms in total. The van der Waals surface area contributed by atoms with Gasteiger partial charge in [0.1, 0.15) is 0 Å². The van der Waals surface area contributed by atoms with Gasteiger partial charge in [0, 0.05) is 18.0 Å². The maximum Gasteiger partial charge on any atom is 0.376 e. The predicted octanol–water partition coefficient (Wildman–Crippen LogP) is 2.71. The highest BCUT2D eigenvalue weighted by atomic mass is 16.5. The molecule has 0 N–H and O–H groups in total. The van der Waals surface area contributed by atoms with Crippen molar-refractivity contribution >= 4 is 5.97 Å². The second-order valence-corrected chi connectivity index (χ2v) is 4.12. The summed E-state index contributed by atoms with van der Waals surface area (Å²) in [6, 6.07) is 9.75. The molecule has 92 valence electrons. The van der Waals surface area contributed by atoms with E-state index in [1.165, 1.54) is 0 Å². The summed E-state index contributed by atoms with van der Waals surface area (Å²) in [5.41, 5.74) is 1.89. The Morgan fingerprint density at radius 1 is 1.06 bits per heavy atom. The van der Waals surface area contributed by atoms with E-state index < -0.39 is 5.97 Å². The van der Waals surface area contributed by atoms with Crippen molar-refractivity contribution in [2.45, 2.75) is 20.0 Å². The molecule has 0 aliphatic carbocycles. The van der Waals surface area contributed by atoms with Crippen molar-refractivity contribution in [3.63, 3.8) is 0 Å². The summed E-state index contributed by atoms with van der Waals surface area (Å²) in [5, 5.41) is 0. The first kappa shape index (κ1) is 12.2. The van der Waals surface area contributed by atoms with Crippen LogP contribution < -0.4 is 0 Å². The number of carbonyl (C=O) groups is 1. The van der Waals surface area contributed by atoms with Crippen LogP contribution in [0.15, 0.2) is 42.7 Å². The molecule has 0 amide bonds. The minimum Gasteiger partial charge on any atom is -0.457 e. The van der Waals surface area contributed by atoms with Gasteiger partial charge in [-0.2, -0.15) is 0 Å². The first-order valence-corrected chi connectivity index (χ1v) is 5.75. The lowest BCUT2D eigenvalue weighted by Gasteiger charge is -2.06. The zero-order chi connectivity index (χ0) is 13.0. The first-order chi connectivity index (χ1) is 8.66. The smallest absolute Gasteiger partial charge is 0.376 e. The normalized spacial score (nSPS) is 10.4. The van der Waals surface area contributed by atoms with Gasteiger partial charge in [-0.05, 0) is 19.4 Å². The highest BCUT2D eigenvalue weighted by Gasteiger charge is 2.12. The molecule has 2 aromatic rings. The topological polar surface area (TPSA) is 52.1 Å². The number of ether oxygens (including phenoxy) is 1. The molecule has 1 aromatic heterocycles. The molecule has 0 saturated carbocycles. The van der Waals surface area contributed by atoms with Gasteiger partial charge in [0.25, 0.3) is 0 Å². The van der Waals surface area contributed by atoms with Crippen molar-refractivity contribution in [3.8, 4) is 11.1 Å². The Morgan fingerprint density at radius 2 is 1.67 bits per heavy atom. The van der Waals surface area contributed by atoms with Crippen LogP contribution in [0.1, 0.15) is 24.5 Å². The van der Waals surface area contributed by atoms with Crippen molar-refractivity contribution < 1.29 is 9.53 Å². The Morgan fingerprint density at radius 3 is 2.22 bits per heavy atom. The molecule has 0 bridgehead atoms. The molecular weight excluding hydrogens is 228 g/mol. The summed E-state index contributed by atoms with van der Waals surface area (Å²) in [6.45, 7) is 3.58. The molecule has 1 aromatic carbocycles. The van der Waals surface area contributed by atoms with E-state index in [4.69, 9.17) is 4.74 Å². The van der Waals surface area contributed by atoms with E-state index in [-0.39, 0.29) is 11.9 Å². The van der Waals surface area contributed by atoms with Gasteiger partial charge in [-0.25, -0.2) is 14.8 Å². The minimum atomic E-state index is -0.496. The Bertz CT molecular complexity index is 521. The second kappa shape index (κ2) is 5.40. The van der Waals surface area contributed by atoms with Crippen LogP contribution in [0.3, 0.4) is 0 Å². The zero-order valence-corrected chi connectivity index (χ0v) is 10.3. The summed E-state index contributed by atoms with van der Waals surface area (Å²) in [5.74, 6) is -0.409. The zero-order valence-electron chi connectivity index (χ0n) is 10.3. The van der Waals surface area contributed by atoms with Crippen LogP contribution in [-0.4, -0.2) is 22.0 Å².